The highest BCUT2D eigenvalue weighted by molar-refractivity contribution is 7.93. The zero-order chi connectivity index (χ0) is 20.5. The third-order valence-electron chi connectivity index (χ3n) is 5.26. The predicted molar refractivity (Wildman–Crippen MR) is 102 cm³/mol. The summed E-state index contributed by atoms with van der Waals surface area (Å²) in [5.41, 5.74) is 1.46. The number of ether oxygens (including phenoxy) is 1. The molecule has 152 valence electrons. The van der Waals surface area contributed by atoms with Crippen molar-refractivity contribution in [2.75, 3.05) is 0 Å². The molecule has 1 heterocycles. The van der Waals surface area contributed by atoms with Crippen molar-refractivity contribution >= 4 is 15.8 Å². The van der Waals surface area contributed by atoms with Gasteiger partial charge < -0.3 is 9.26 Å². The van der Waals surface area contributed by atoms with Gasteiger partial charge >= 0.3 is 5.97 Å². The predicted octanol–water partition coefficient (Wildman–Crippen LogP) is 3.64. The van der Waals surface area contributed by atoms with Crippen LogP contribution in [0.1, 0.15) is 68.3 Å². The van der Waals surface area contributed by atoms with Crippen molar-refractivity contribution in [1.29, 1.82) is 0 Å². The summed E-state index contributed by atoms with van der Waals surface area (Å²) in [6, 6.07) is 5.25. The van der Waals surface area contributed by atoms with Gasteiger partial charge in [-0.25, -0.2) is 8.42 Å². The Balaban J connectivity index is 1.88. The van der Waals surface area contributed by atoms with Crippen LogP contribution in [0, 0.1) is 13.8 Å². The molecule has 1 aromatic heterocycles. The van der Waals surface area contributed by atoms with Gasteiger partial charge in [0.05, 0.1) is 4.90 Å². The number of rotatable bonds is 6. The number of benzene rings is 1. The van der Waals surface area contributed by atoms with Gasteiger partial charge in [0, 0.05) is 5.92 Å². The van der Waals surface area contributed by atoms with E-state index in [1.807, 2.05) is 26.8 Å². The van der Waals surface area contributed by atoms with Crippen molar-refractivity contribution in [2.24, 2.45) is 0 Å². The molecular weight excluding hydrogens is 380 g/mol. The minimum atomic E-state index is -3.91. The third kappa shape index (κ3) is 3.57. The molecule has 1 aromatic carbocycles. The van der Waals surface area contributed by atoms with Crippen molar-refractivity contribution < 1.29 is 22.5 Å². The summed E-state index contributed by atoms with van der Waals surface area (Å²) < 4.78 is 35.9. The molecule has 1 aliphatic carbocycles. The average molecular weight is 407 g/mol. The highest BCUT2D eigenvalue weighted by Gasteiger charge is 2.54. The van der Waals surface area contributed by atoms with E-state index in [0.29, 0.717) is 24.2 Å². The maximum Gasteiger partial charge on any atom is 0.328 e. The first-order chi connectivity index (χ1) is 13.2. The quantitative estimate of drug-likeness (QED) is 0.675. The molecule has 0 bridgehead atoms. The lowest BCUT2D eigenvalue weighted by Crippen LogP contribution is -2.45. The van der Waals surface area contributed by atoms with Crippen LogP contribution < -0.4 is 0 Å². The van der Waals surface area contributed by atoms with Gasteiger partial charge in [0.1, 0.15) is 0 Å². The first-order valence-corrected chi connectivity index (χ1v) is 11.0. The van der Waals surface area contributed by atoms with E-state index < -0.39 is 20.6 Å². The molecule has 2 aromatic rings. The van der Waals surface area contributed by atoms with E-state index in [0.717, 1.165) is 5.56 Å². The van der Waals surface area contributed by atoms with Crippen molar-refractivity contribution in [3.05, 3.63) is 41.0 Å². The fourth-order valence-electron chi connectivity index (χ4n) is 3.56. The van der Waals surface area contributed by atoms with Crippen LogP contribution in [-0.2, 0) is 26.0 Å². The van der Waals surface area contributed by atoms with Crippen LogP contribution in [0.4, 0.5) is 0 Å². The molecule has 0 amide bonds. The summed E-state index contributed by atoms with van der Waals surface area (Å²) in [5.74, 6) is 0.0215. The highest BCUT2D eigenvalue weighted by atomic mass is 32.2. The molecule has 0 unspecified atom stereocenters. The topological polar surface area (TPSA) is 99.4 Å². The average Bonchev–Trinajstić information content (AvgIpc) is 3.32. The van der Waals surface area contributed by atoms with Crippen LogP contribution in [0.3, 0.4) is 0 Å². The van der Waals surface area contributed by atoms with Gasteiger partial charge in [-0.15, -0.1) is 0 Å². The summed E-state index contributed by atoms with van der Waals surface area (Å²) >= 11 is 0. The van der Waals surface area contributed by atoms with Crippen LogP contribution in [-0.4, -0.2) is 29.3 Å². The standard InChI is InChI=1S/C20H26N2O5S/c1-13(2)18-21-17(27-22-18)12-26-19(23)20(9-5-6-10-20)28(24,25)16-11-14(3)7-8-15(16)4/h7-8,11,13H,5-6,9-10,12H2,1-4H3. The number of nitrogens with zero attached hydrogens (tertiary/aromatic N) is 2. The number of carbonyl (C=O) groups excluding carboxylic acids is 1. The Labute approximate surface area is 165 Å². The van der Waals surface area contributed by atoms with Gasteiger partial charge in [0.15, 0.2) is 27.0 Å². The molecule has 28 heavy (non-hydrogen) atoms. The van der Waals surface area contributed by atoms with E-state index in [1.165, 1.54) is 0 Å². The number of sulfone groups is 1. The van der Waals surface area contributed by atoms with Crippen molar-refractivity contribution in [3.8, 4) is 0 Å². The fraction of sp³-hybridized carbons (Fsp3) is 0.550. The first kappa shape index (κ1) is 20.5. The van der Waals surface area contributed by atoms with Crippen LogP contribution in [0.15, 0.2) is 27.6 Å². The van der Waals surface area contributed by atoms with Crippen molar-refractivity contribution in [3.63, 3.8) is 0 Å². The van der Waals surface area contributed by atoms with E-state index in [4.69, 9.17) is 9.26 Å². The zero-order valence-electron chi connectivity index (χ0n) is 16.7. The van der Waals surface area contributed by atoms with E-state index in [2.05, 4.69) is 10.1 Å². The minimum absolute atomic E-state index is 0.0825. The van der Waals surface area contributed by atoms with Gasteiger partial charge in [0.2, 0.25) is 0 Å². The second kappa shape index (κ2) is 7.66. The molecule has 0 saturated heterocycles. The Bertz CT molecular complexity index is 972. The zero-order valence-corrected chi connectivity index (χ0v) is 17.5. The van der Waals surface area contributed by atoms with Gasteiger partial charge in [-0.05, 0) is 43.9 Å². The molecule has 0 spiro atoms. The number of esters is 1. The monoisotopic (exact) mass is 406 g/mol. The van der Waals surface area contributed by atoms with Crippen molar-refractivity contribution in [1.82, 2.24) is 10.1 Å². The van der Waals surface area contributed by atoms with E-state index in [-0.39, 0.29) is 36.2 Å². The summed E-state index contributed by atoms with van der Waals surface area (Å²) in [4.78, 5) is 17.4. The second-order valence-electron chi connectivity index (χ2n) is 7.75. The van der Waals surface area contributed by atoms with Gasteiger partial charge in [-0.3, -0.25) is 4.79 Å². The molecular formula is C20H26N2O5S. The molecule has 1 aliphatic rings. The molecule has 0 radical (unpaired) electrons. The summed E-state index contributed by atoms with van der Waals surface area (Å²) in [6.07, 6.45) is 1.83. The molecule has 3 rings (SSSR count). The lowest BCUT2D eigenvalue weighted by atomic mass is 10.1. The van der Waals surface area contributed by atoms with Gasteiger partial charge in [-0.2, -0.15) is 4.98 Å². The van der Waals surface area contributed by atoms with E-state index in [9.17, 15) is 13.2 Å². The molecule has 0 aliphatic heterocycles. The Morgan fingerprint density at radius 1 is 1.25 bits per heavy atom. The molecule has 1 fully saturated rings. The summed E-state index contributed by atoms with van der Waals surface area (Å²) in [7, 11) is -3.91. The Hall–Kier alpha value is -2.22. The minimum Gasteiger partial charge on any atom is -0.454 e. The molecule has 0 atom stereocenters. The second-order valence-corrected chi connectivity index (χ2v) is 9.98. The Kier molecular flexibility index (Phi) is 5.61. The summed E-state index contributed by atoms with van der Waals surface area (Å²) in [5, 5.41) is 3.83. The number of aromatic nitrogens is 2. The van der Waals surface area contributed by atoms with Crippen molar-refractivity contribution in [2.45, 2.75) is 75.5 Å². The first-order valence-electron chi connectivity index (χ1n) is 9.49. The maximum absolute atomic E-state index is 13.5. The van der Waals surface area contributed by atoms with E-state index in [1.54, 1.807) is 19.1 Å². The summed E-state index contributed by atoms with van der Waals surface area (Å²) in [6.45, 7) is 7.19. The Morgan fingerprint density at radius 2 is 1.93 bits per heavy atom. The molecule has 7 nitrogen and oxygen atoms in total. The normalized spacial score (nSPS) is 16.5. The van der Waals surface area contributed by atoms with Gasteiger partial charge in [0.25, 0.3) is 5.89 Å². The van der Waals surface area contributed by atoms with Crippen LogP contribution in [0.5, 0.6) is 0 Å². The van der Waals surface area contributed by atoms with Gasteiger partial charge in [-0.1, -0.05) is 44.0 Å². The largest absolute Gasteiger partial charge is 0.454 e. The molecule has 8 heteroatoms. The number of aryl methyl sites for hydroxylation is 2. The highest BCUT2D eigenvalue weighted by Crippen LogP contribution is 2.42. The third-order valence-corrected chi connectivity index (χ3v) is 7.88. The Morgan fingerprint density at radius 3 is 2.54 bits per heavy atom. The molecule has 0 N–H and O–H groups in total. The number of hydrogen-bond acceptors (Lipinski definition) is 7. The van der Waals surface area contributed by atoms with Crippen LogP contribution in [0.25, 0.3) is 0 Å². The molecule has 1 saturated carbocycles. The number of carbonyl (C=O) groups is 1. The SMILES string of the molecule is Cc1ccc(C)c(S(=O)(=O)C2(C(=O)OCc3nc(C(C)C)no3)CCCC2)c1. The van der Waals surface area contributed by atoms with Crippen LogP contribution in [0.2, 0.25) is 0 Å². The lowest BCUT2D eigenvalue weighted by Gasteiger charge is -2.27. The maximum atomic E-state index is 13.5. The van der Waals surface area contributed by atoms with Crippen LogP contribution >= 0.6 is 0 Å². The smallest absolute Gasteiger partial charge is 0.328 e. The van der Waals surface area contributed by atoms with E-state index >= 15 is 0 Å². The fourth-order valence-corrected chi connectivity index (χ4v) is 5.91. The number of hydrogen-bond donors (Lipinski definition) is 0. The lowest BCUT2D eigenvalue weighted by molar-refractivity contribution is -0.148.